The molecule has 12 N–H and O–H groups in total. The summed E-state index contributed by atoms with van der Waals surface area (Å²) in [6.07, 6.45) is -8.70. The Morgan fingerprint density at radius 2 is 1.02 bits per heavy atom. The van der Waals surface area contributed by atoms with Crippen LogP contribution in [0.2, 0.25) is 10.6 Å². The van der Waals surface area contributed by atoms with Crippen LogP contribution in [0, 0.1) is 0 Å². The molecule has 0 spiro atoms. The van der Waals surface area contributed by atoms with E-state index in [1.54, 1.807) is 0 Å². The average Bonchev–Trinajstić information content (AvgIpc) is 3.89. The van der Waals surface area contributed by atoms with E-state index in [1.807, 2.05) is 0 Å². The van der Waals surface area contributed by atoms with Crippen LogP contribution in [0.5, 0.6) is 0 Å². The van der Waals surface area contributed by atoms with Crippen LogP contribution < -0.4 is 11.5 Å². The Morgan fingerprint density at radius 3 is 1.32 bits per heavy atom. The molecule has 0 aliphatic carbocycles. The highest BCUT2D eigenvalue weighted by molar-refractivity contribution is 7.98. The van der Waals surface area contributed by atoms with Gasteiger partial charge in [-0.25, -0.2) is 26.8 Å². The smallest absolute Gasteiger partial charge is 0.369 e. The van der Waals surface area contributed by atoms with Crippen molar-refractivity contribution >= 4 is 92.0 Å². The number of hydrogen-bond acceptors (Lipinski definition) is 22. The number of aliphatic hydroxyl groups is 4. The van der Waals surface area contributed by atoms with Crippen LogP contribution in [-0.2, 0) is 47.8 Å². The lowest BCUT2D eigenvalue weighted by Gasteiger charge is -2.22. The third-order valence-corrected chi connectivity index (χ3v) is 17.8. The lowest BCUT2D eigenvalue weighted by Crippen LogP contribution is -2.36. The number of halogens is 2. The summed E-state index contributed by atoms with van der Waals surface area (Å²) in [5.74, 6) is -1.06. The van der Waals surface area contributed by atoms with Gasteiger partial charge in [-0.2, -0.15) is 19.9 Å². The van der Waals surface area contributed by atoms with Gasteiger partial charge in [0.05, 0.1) is 37.4 Å². The van der Waals surface area contributed by atoms with Gasteiger partial charge < -0.3 is 70.4 Å². The first-order chi connectivity index (χ1) is 28.7. The number of anilines is 2. The van der Waals surface area contributed by atoms with Crippen LogP contribution in [0.15, 0.2) is 12.7 Å². The molecule has 0 saturated carbocycles. The van der Waals surface area contributed by atoms with E-state index in [-0.39, 0.29) is 57.4 Å². The number of nitrogens with two attached hydrogens (primary N) is 2. The monoisotopic (exact) mass is 1000 g/mol. The van der Waals surface area contributed by atoms with Crippen LogP contribution in [-0.4, -0.2) is 168 Å². The molecule has 28 nitrogen and oxygen atoms in total. The number of sulfone groups is 2. The number of nitrogen functional groups attached to an aromatic ring is 2. The lowest BCUT2D eigenvalue weighted by atomic mass is 10.1. The van der Waals surface area contributed by atoms with E-state index < -0.39 is 119 Å². The first-order valence-electron chi connectivity index (χ1n) is 17.8. The molecule has 62 heavy (non-hydrogen) atoms. The van der Waals surface area contributed by atoms with Gasteiger partial charge in [0.15, 0.2) is 55.1 Å². The average molecular weight is 1000 g/mol. The molecule has 10 atom stereocenters. The molecule has 2 fully saturated rings. The molecule has 2 aliphatic heterocycles. The summed E-state index contributed by atoms with van der Waals surface area (Å²) < 4.78 is 95.5. The molecule has 0 aromatic carbocycles. The maximum absolute atomic E-state index is 12.2. The number of ether oxygens (including phenoxy) is 4. The maximum atomic E-state index is 12.2. The van der Waals surface area contributed by atoms with Gasteiger partial charge in [0.2, 0.25) is 10.6 Å². The zero-order valence-electron chi connectivity index (χ0n) is 32.0. The van der Waals surface area contributed by atoms with Gasteiger partial charge in [-0.1, -0.05) is 13.8 Å². The molecular weight excluding hydrogens is 961 g/mol. The quantitative estimate of drug-likeness (QED) is 0.0427. The molecule has 2 aliphatic rings. The third-order valence-electron chi connectivity index (χ3n) is 9.01. The van der Waals surface area contributed by atoms with Crippen LogP contribution in [0.4, 0.5) is 11.6 Å². The van der Waals surface area contributed by atoms with Crippen molar-refractivity contribution in [3.63, 3.8) is 0 Å². The summed E-state index contributed by atoms with van der Waals surface area (Å²) in [7, 11) is -19.0. The highest BCUT2D eigenvalue weighted by atomic mass is 35.5. The maximum Gasteiger partial charge on any atom is 0.369 e. The minimum absolute atomic E-state index is 0.0210. The van der Waals surface area contributed by atoms with Crippen molar-refractivity contribution in [2.75, 3.05) is 36.2 Å². The van der Waals surface area contributed by atoms with Crippen molar-refractivity contribution in [2.45, 2.75) is 86.1 Å². The fraction of sp³-hybridized carbons (Fsp3) is 0.643. The minimum Gasteiger partial charge on any atom is -0.387 e. The fourth-order valence-corrected chi connectivity index (χ4v) is 13.3. The van der Waals surface area contributed by atoms with Crippen LogP contribution >= 0.6 is 38.4 Å². The summed E-state index contributed by atoms with van der Waals surface area (Å²) in [6, 6.07) is 0. The highest BCUT2D eigenvalue weighted by Crippen LogP contribution is 2.47. The molecule has 0 radical (unpaired) electrons. The molecule has 4 aromatic rings. The zero-order valence-corrected chi connectivity index (χ0v) is 37.0. The molecule has 348 valence electrons. The second-order valence-electron chi connectivity index (χ2n) is 13.7. The van der Waals surface area contributed by atoms with E-state index in [4.69, 9.17) is 53.6 Å². The molecule has 2 saturated heterocycles. The highest BCUT2D eigenvalue weighted by Gasteiger charge is 2.49. The molecule has 0 unspecified atom stereocenters. The number of nitrogens with zero attached hydrogens (tertiary/aromatic N) is 8. The predicted octanol–water partition coefficient (Wildman–Crippen LogP) is -2.03. The first kappa shape index (κ1) is 50.2. The Hall–Kier alpha value is -2.84. The van der Waals surface area contributed by atoms with Crippen molar-refractivity contribution in [1.82, 2.24) is 39.0 Å². The number of rotatable bonds is 16. The Kier molecular flexibility index (Phi) is 15.6. The molecule has 0 amide bonds. The van der Waals surface area contributed by atoms with Gasteiger partial charge in [-0.05, 0) is 36.0 Å². The van der Waals surface area contributed by atoms with Gasteiger partial charge in [0, 0.05) is 0 Å². The van der Waals surface area contributed by atoms with E-state index in [0.29, 0.717) is 0 Å². The summed E-state index contributed by atoms with van der Waals surface area (Å²) in [5.41, 5.74) is 12.0. The first-order valence-corrected chi connectivity index (χ1v) is 25.4. The second kappa shape index (κ2) is 19.3. The fourth-order valence-electron chi connectivity index (χ4n) is 6.33. The zero-order chi connectivity index (χ0) is 46.3. The third kappa shape index (κ3) is 10.8. The Morgan fingerprint density at radius 1 is 0.677 bits per heavy atom. The van der Waals surface area contributed by atoms with Crippen LogP contribution in [0.3, 0.4) is 0 Å². The van der Waals surface area contributed by atoms with Gasteiger partial charge in [0.25, 0.3) is 10.4 Å². The van der Waals surface area contributed by atoms with Crippen molar-refractivity contribution in [1.29, 1.82) is 0 Å². The van der Waals surface area contributed by atoms with Crippen molar-refractivity contribution in [3.8, 4) is 0 Å². The predicted molar refractivity (Wildman–Crippen MR) is 213 cm³/mol. The van der Waals surface area contributed by atoms with Gasteiger partial charge >= 0.3 is 15.2 Å². The Balaban J connectivity index is 0.000000234. The Labute approximate surface area is 360 Å². The van der Waals surface area contributed by atoms with Gasteiger partial charge in [-0.3, -0.25) is 18.3 Å². The second-order valence-corrected chi connectivity index (χ2v) is 22.7. The molecular formula is C28H42Cl2N10O18P2S2. The largest absolute Gasteiger partial charge is 0.387 e. The minimum atomic E-state index is -5.20. The van der Waals surface area contributed by atoms with Crippen LogP contribution in [0.25, 0.3) is 22.3 Å². The molecule has 0 bridgehead atoms. The number of aromatic nitrogens is 8. The summed E-state index contributed by atoms with van der Waals surface area (Å²) in [6.45, 7) is 1.60. The number of fused-ring (bicyclic) bond motifs is 2. The number of imidazole rings is 2. The van der Waals surface area contributed by atoms with Gasteiger partial charge in [-0.15, -0.1) is 0 Å². The Bertz CT molecular complexity index is 2390. The summed E-state index contributed by atoms with van der Waals surface area (Å²) >= 11 is 11.6. The molecule has 4 aromatic heterocycles. The van der Waals surface area contributed by atoms with Crippen LogP contribution in [0.1, 0.15) is 39.1 Å². The van der Waals surface area contributed by atoms with Crippen molar-refractivity contribution < 1.29 is 84.9 Å². The lowest BCUT2D eigenvalue weighted by molar-refractivity contribution is -0.0648. The van der Waals surface area contributed by atoms with E-state index >= 15 is 0 Å². The van der Waals surface area contributed by atoms with Crippen molar-refractivity contribution in [3.05, 3.63) is 23.2 Å². The number of aliphatic hydroxyl groups excluding tert-OH is 4. The van der Waals surface area contributed by atoms with E-state index in [1.165, 1.54) is 35.6 Å². The molecule has 34 heteroatoms. The normalized spacial score (nSPS) is 25.9. The van der Waals surface area contributed by atoms with E-state index in [2.05, 4.69) is 29.9 Å². The summed E-state index contributed by atoms with van der Waals surface area (Å²) in [4.78, 5) is 61.1. The topological polar surface area (TPSA) is 440 Å². The number of hydrogen-bond donors (Lipinski definition) is 10. The molecule has 6 rings (SSSR count). The van der Waals surface area contributed by atoms with E-state index in [0.717, 1.165) is 0 Å². The standard InChI is InChI=1S/2C14H21ClN5O9PS/c2*1-2-3-31(26,27)14(30(23,24)25)28-4-6-8(21)9(22)12(29-6)20-5-17-7-10(16)18-13(15)19-11(7)20/h2*5-6,8-9,12,14,21-22H,2-4H2,1H3,(H2,16,18,19)(H2,23,24,25)/t6-,8-,9-,12-,14+;6-,8-,9-,12-,14-/m11/s1. The van der Waals surface area contributed by atoms with Crippen molar-refractivity contribution in [2.24, 2.45) is 0 Å². The molecule has 6 heterocycles. The van der Waals surface area contributed by atoms with Gasteiger partial charge in [0.1, 0.15) is 47.7 Å². The summed E-state index contributed by atoms with van der Waals surface area (Å²) in [5, 5.41) is 36.2. The van der Waals surface area contributed by atoms with E-state index in [9.17, 15) is 66.0 Å². The SMILES string of the molecule is CCCS(=O)(=O)[C@@H](OC[C@H]1O[C@@H](n2cnc3c(N)nc(Cl)nc32)[C@H](O)[C@@H]1O)P(=O)(O)O.CCCS(=O)(=O)[C@H](OC[C@H]1O[C@@H](n2cnc3c(N)nc(Cl)nc32)[C@H](O)[C@@H]1O)P(=O)(O)O.